The van der Waals surface area contributed by atoms with Gasteiger partial charge in [-0.15, -0.1) is 0 Å². The molecule has 0 radical (unpaired) electrons. The Bertz CT molecular complexity index is 400. The number of hydrogen-bond acceptors (Lipinski definition) is 3. The molecule has 0 saturated carbocycles. The van der Waals surface area contributed by atoms with Gasteiger partial charge in [-0.25, -0.2) is 0 Å². The Kier molecular flexibility index (Phi) is 3.45. The van der Waals surface area contributed by atoms with Crippen LogP contribution in [0.4, 0.5) is 0 Å². The summed E-state index contributed by atoms with van der Waals surface area (Å²) in [6.45, 7) is 4.31. The van der Waals surface area contributed by atoms with Crippen LogP contribution in [0.3, 0.4) is 0 Å². The molecule has 2 rings (SSSR count). The molecular weight excluding hydrogens is 215 g/mol. The van der Waals surface area contributed by atoms with E-state index in [9.17, 15) is 0 Å². The van der Waals surface area contributed by atoms with Gasteiger partial charge in [0.1, 0.15) is 11.4 Å². The number of rotatable bonds is 3. The highest BCUT2D eigenvalue weighted by atomic mass is 16.5. The standard InChI is InChI=1S/C13H19BO3/c1-3-13(4-2)8-7-10-9-11(14(15)16)5-6-12(10)17-13/h5-6,9,15-16H,3-4,7-8H2,1-2H3. The van der Waals surface area contributed by atoms with Gasteiger partial charge >= 0.3 is 7.12 Å². The van der Waals surface area contributed by atoms with Crippen LogP contribution in [-0.4, -0.2) is 22.8 Å². The van der Waals surface area contributed by atoms with Crippen molar-refractivity contribution in [3.8, 4) is 5.75 Å². The maximum atomic E-state index is 9.14. The molecule has 1 aliphatic heterocycles. The third-order valence-electron chi connectivity index (χ3n) is 3.85. The van der Waals surface area contributed by atoms with E-state index in [1.165, 1.54) is 0 Å². The van der Waals surface area contributed by atoms with E-state index in [1.807, 2.05) is 12.1 Å². The Morgan fingerprint density at radius 2 is 2.00 bits per heavy atom. The second kappa shape index (κ2) is 4.71. The van der Waals surface area contributed by atoms with Crippen LogP contribution >= 0.6 is 0 Å². The first-order valence-corrected chi connectivity index (χ1v) is 6.28. The average molecular weight is 234 g/mol. The fourth-order valence-electron chi connectivity index (χ4n) is 2.45. The second-order valence-corrected chi connectivity index (χ2v) is 4.73. The Labute approximate surface area is 103 Å². The Hall–Kier alpha value is -0.995. The van der Waals surface area contributed by atoms with Gasteiger partial charge in [-0.05, 0) is 42.8 Å². The SMILES string of the molecule is CCC1(CC)CCc2cc(B(O)O)ccc2O1. The molecule has 2 N–H and O–H groups in total. The summed E-state index contributed by atoms with van der Waals surface area (Å²) in [6, 6.07) is 5.39. The molecule has 1 aromatic rings. The molecule has 0 amide bonds. The van der Waals surface area contributed by atoms with Crippen molar-refractivity contribution >= 4 is 12.6 Å². The zero-order chi connectivity index (χ0) is 12.5. The van der Waals surface area contributed by atoms with E-state index in [0.29, 0.717) is 5.46 Å². The van der Waals surface area contributed by atoms with Crippen LogP contribution in [0.25, 0.3) is 0 Å². The van der Waals surface area contributed by atoms with Crippen LogP contribution < -0.4 is 10.2 Å². The number of aryl methyl sites for hydroxylation is 1. The zero-order valence-corrected chi connectivity index (χ0v) is 10.4. The fourth-order valence-corrected chi connectivity index (χ4v) is 2.45. The molecule has 0 saturated heterocycles. The van der Waals surface area contributed by atoms with Gasteiger partial charge in [0.05, 0.1) is 0 Å². The summed E-state index contributed by atoms with van der Waals surface area (Å²) in [5.41, 5.74) is 1.58. The highest BCUT2D eigenvalue weighted by molar-refractivity contribution is 6.58. The molecule has 0 aliphatic carbocycles. The molecular formula is C13H19BO3. The number of fused-ring (bicyclic) bond motifs is 1. The van der Waals surface area contributed by atoms with Crippen molar-refractivity contribution in [2.24, 2.45) is 0 Å². The molecule has 17 heavy (non-hydrogen) atoms. The zero-order valence-electron chi connectivity index (χ0n) is 10.4. The molecule has 0 aromatic heterocycles. The van der Waals surface area contributed by atoms with Crippen molar-refractivity contribution in [1.29, 1.82) is 0 Å². The summed E-state index contributed by atoms with van der Waals surface area (Å²) >= 11 is 0. The molecule has 92 valence electrons. The minimum atomic E-state index is -1.40. The largest absolute Gasteiger partial charge is 0.488 e. The van der Waals surface area contributed by atoms with E-state index in [0.717, 1.165) is 37.0 Å². The average Bonchev–Trinajstić information content (AvgIpc) is 2.37. The van der Waals surface area contributed by atoms with Crippen molar-refractivity contribution in [3.63, 3.8) is 0 Å². The molecule has 1 aliphatic rings. The Balaban J connectivity index is 2.28. The van der Waals surface area contributed by atoms with Gasteiger partial charge in [0.2, 0.25) is 0 Å². The van der Waals surface area contributed by atoms with Gasteiger partial charge in [0.25, 0.3) is 0 Å². The van der Waals surface area contributed by atoms with Crippen molar-refractivity contribution < 1.29 is 14.8 Å². The third-order valence-corrected chi connectivity index (χ3v) is 3.85. The van der Waals surface area contributed by atoms with Crippen LogP contribution in [0, 0.1) is 0 Å². The highest BCUT2D eigenvalue weighted by Gasteiger charge is 2.33. The summed E-state index contributed by atoms with van der Waals surface area (Å²) in [5.74, 6) is 0.893. The lowest BCUT2D eigenvalue weighted by Gasteiger charge is -2.37. The van der Waals surface area contributed by atoms with Crippen LogP contribution in [0.15, 0.2) is 18.2 Å². The molecule has 1 heterocycles. The van der Waals surface area contributed by atoms with E-state index in [4.69, 9.17) is 14.8 Å². The summed E-state index contributed by atoms with van der Waals surface area (Å²) < 4.78 is 6.09. The summed E-state index contributed by atoms with van der Waals surface area (Å²) in [6.07, 6.45) is 3.95. The third kappa shape index (κ3) is 2.33. The smallest absolute Gasteiger partial charge is 0.487 e. The Morgan fingerprint density at radius 1 is 1.29 bits per heavy atom. The van der Waals surface area contributed by atoms with Crippen molar-refractivity contribution in [2.45, 2.75) is 45.1 Å². The first-order chi connectivity index (χ1) is 8.10. The number of ether oxygens (including phenoxy) is 1. The second-order valence-electron chi connectivity index (χ2n) is 4.73. The molecule has 0 bridgehead atoms. The summed E-state index contributed by atoms with van der Waals surface area (Å²) in [7, 11) is -1.40. The first-order valence-electron chi connectivity index (χ1n) is 6.28. The van der Waals surface area contributed by atoms with Gasteiger partial charge in [0.15, 0.2) is 0 Å². The quantitative estimate of drug-likeness (QED) is 0.774. The molecule has 4 heteroatoms. The predicted octanol–water partition coefficient (Wildman–Crippen LogP) is 1.25. The van der Waals surface area contributed by atoms with E-state index in [2.05, 4.69) is 13.8 Å². The van der Waals surface area contributed by atoms with E-state index in [1.54, 1.807) is 6.07 Å². The van der Waals surface area contributed by atoms with Crippen LogP contribution in [-0.2, 0) is 6.42 Å². The van der Waals surface area contributed by atoms with Crippen LogP contribution in [0.2, 0.25) is 0 Å². The molecule has 0 atom stereocenters. The molecule has 0 fully saturated rings. The summed E-state index contributed by atoms with van der Waals surface area (Å²) in [4.78, 5) is 0. The van der Waals surface area contributed by atoms with Gasteiger partial charge in [-0.2, -0.15) is 0 Å². The molecule has 0 spiro atoms. The minimum absolute atomic E-state index is 0.0354. The lowest BCUT2D eigenvalue weighted by Crippen LogP contribution is -2.39. The lowest BCUT2D eigenvalue weighted by molar-refractivity contribution is 0.0384. The van der Waals surface area contributed by atoms with E-state index < -0.39 is 7.12 Å². The first kappa shape index (κ1) is 12.5. The van der Waals surface area contributed by atoms with Crippen molar-refractivity contribution in [1.82, 2.24) is 0 Å². The lowest BCUT2D eigenvalue weighted by atomic mass is 9.78. The van der Waals surface area contributed by atoms with E-state index in [-0.39, 0.29) is 5.60 Å². The van der Waals surface area contributed by atoms with Crippen LogP contribution in [0.1, 0.15) is 38.7 Å². The molecule has 3 nitrogen and oxygen atoms in total. The molecule has 1 aromatic carbocycles. The van der Waals surface area contributed by atoms with Crippen LogP contribution in [0.5, 0.6) is 5.75 Å². The topological polar surface area (TPSA) is 49.7 Å². The predicted molar refractivity (Wildman–Crippen MR) is 68.5 cm³/mol. The Morgan fingerprint density at radius 3 is 2.59 bits per heavy atom. The maximum Gasteiger partial charge on any atom is 0.488 e. The molecule has 0 unspecified atom stereocenters. The normalized spacial score (nSPS) is 17.2. The van der Waals surface area contributed by atoms with Gasteiger partial charge in [-0.1, -0.05) is 26.0 Å². The minimum Gasteiger partial charge on any atom is -0.487 e. The monoisotopic (exact) mass is 234 g/mol. The highest BCUT2D eigenvalue weighted by Crippen LogP contribution is 2.36. The van der Waals surface area contributed by atoms with Crippen molar-refractivity contribution in [3.05, 3.63) is 23.8 Å². The summed E-state index contributed by atoms with van der Waals surface area (Å²) in [5, 5.41) is 18.3. The van der Waals surface area contributed by atoms with Crippen molar-refractivity contribution in [2.75, 3.05) is 0 Å². The van der Waals surface area contributed by atoms with E-state index >= 15 is 0 Å². The number of hydrogen-bond donors (Lipinski definition) is 2. The maximum absolute atomic E-state index is 9.14. The van der Waals surface area contributed by atoms with Gasteiger partial charge in [-0.3, -0.25) is 0 Å². The van der Waals surface area contributed by atoms with Gasteiger partial charge < -0.3 is 14.8 Å². The fraction of sp³-hybridized carbons (Fsp3) is 0.538. The number of benzene rings is 1. The van der Waals surface area contributed by atoms with Gasteiger partial charge in [0, 0.05) is 0 Å².